The number of nitrogens with one attached hydrogen (secondary N) is 3. The summed E-state index contributed by atoms with van der Waals surface area (Å²) < 4.78 is 34.1. The van der Waals surface area contributed by atoms with Gasteiger partial charge in [-0.05, 0) is 48.5 Å². The highest BCUT2D eigenvalue weighted by Crippen LogP contribution is 2.13. The molecular formula is C17H23N3O4S. The monoisotopic (exact) mass is 365 g/mol. The predicted molar refractivity (Wildman–Crippen MR) is 94.2 cm³/mol. The van der Waals surface area contributed by atoms with E-state index in [0.717, 1.165) is 11.1 Å². The van der Waals surface area contributed by atoms with E-state index in [2.05, 4.69) is 52.5 Å². The molecule has 0 saturated heterocycles. The number of quaternary nitrogens is 2. The van der Waals surface area contributed by atoms with Gasteiger partial charge in [0.25, 0.3) is 0 Å². The molecule has 2 aromatic rings. The molecule has 0 amide bonds. The van der Waals surface area contributed by atoms with Gasteiger partial charge in [0, 0.05) is 21.5 Å². The van der Waals surface area contributed by atoms with Crippen LogP contribution in [0.5, 0.6) is 0 Å². The summed E-state index contributed by atoms with van der Waals surface area (Å²) in [5.41, 5.74) is 4.95. The molecule has 0 bridgehead atoms. The molecule has 0 fully saturated rings. The molecule has 0 aliphatic carbocycles. The first kappa shape index (κ1) is 20.9. The fourth-order valence-electron chi connectivity index (χ4n) is 2.11. The average molecular weight is 365 g/mol. The molecule has 7 nitrogen and oxygen atoms in total. The van der Waals surface area contributed by atoms with Crippen molar-refractivity contribution in [1.82, 2.24) is 0 Å². The van der Waals surface area contributed by atoms with Gasteiger partial charge in [-0.3, -0.25) is 13.8 Å². The highest BCUT2D eigenvalue weighted by molar-refractivity contribution is 7.79. The molecule has 0 unspecified atom stereocenters. The minimum absolute atomic E-state index is 0.575. The van der Waals surface area contributed by atoms with Crippen LogP contribution < -0.4 is 9.80 Å². The summed E-state index contributed by atoms with van der Waals surface area (Å²) in [6.07, 6.45) is 0. The van der Waals surface area contributed by atoms with Crippen molar-refractivity contribution < 1.29 is 27.3 Å². The highest BCUT2D eigenvalue weighted by Gasteiger charge is 2.08. The minimum Gasteiger partial charge on any atom is -0.759 e. The lowest BCUT2D eigenvalue weighted by molar-refractivity contribution is -0.786. The lowest BCUT2D eigenvalue weighted by Gasteiger charge is -2.10. The first-order chi connectivity index (χ1) is 11.5. The molecule has 0 heterocycles. The highest BCUT2D eigenvalue weighted by atomic mass is 32.3. The van der Waals surface area contributed by atoms with Gasteiger partial charge in [-0.15, -0.1) is 0 Å². The quantitative estimate of drug-likeness (QED) is 0.378. The molecule has 0 spiro atoms. The van der Waals surface area contributed by atoms with E-state index in [4.69, 9.17) is 22.9 Å². The van der Waals surface area contributed by atoms with E-state index in [1.807, 2.05) is 24.3 Å². The maximum absolute atomic E-state index is 8.52. The van der Waals surface area contributed by atoms with Gasteiger partial charge in [0.2, 0.25) is 0 Å². The third kappa shape index (κ3) is 7.55. The van der Waals surface area contributed by atoms with E-state index >= 15 is 0 Å². The molecule has 25 heavy (non-hydrogen) atoms. The van der Waals surface area contributed by atoms with Crippen LogP contribution in [0.2, 0.25) is 0 Å². The van der Waals surface area contributed by atoms with Crippen LogP contribution in [0.25, 0.3) is 0 Å². The molecule has 2 aromatic carbocycles. The number of rotatable bonds is 4. The summed E-state index contributed by atoms with van der Waals surface area (Å²) in [5, 5.41) is 8.31. The minimum atomic E-state index is -5.17. The number of hydrogen-bond acceptors (Lipinski definition) is 5. The van der Waals surface area contributed by atoms with Crippen LogP contribution in [0, 0.1) is 5.41 Å². The Kier molecular flexibility index (Phi) is 7.40. The average Bonchev–Trinajstić information content (AvgIpc) is 2.53. The Morgan fingerprint density at radius 2 is 1.00 bits per heavy atom. The molecule has 0 aromatic heterocycles. The second-order valence-electron chi connectivity index (χ2n) is 5.94. The van der Waals surface area contributed by atoms with Crippen LogP contribution >= 0.6 is 0 Å². The third-order valence-corrected chi connectivity index (χ3v) is 3.50. The Bertz CT molecular complexity index is 737. The van der Waals surface area contributed by atoms with Crippen LogP contribution in [-0.2, 0) is 10.4 Å². The van der Waals surface area contributed by atoms with Gasteiger partial charge < -0.3 is 18.9 Å². The lowest BCUT2D eigenvalue weighted by atomic mass is 10.0. The largest absolute Gasteiger partial charge is 0.759 e. The number of benzene rings is 2. The van der Waals surface area contributed by atoms with Gasteiger partial charge in [-0.2, -0.15) is 0 Å². The van der Waals surface area contributed by atoms with Gasteiger partial charge in [0.1, 0.15) is 11.4 Å². The molecule has 0 radical (unpaired) electrons. The van der Waals surface area contributed by atoms with Crippen molar-refractivity contribution in [1.29, 1.82) is 5.41 Å². The Labute approximate surface area is 148 Å². The second-order valence-corrected chi connectivity index (χ2v) is 6.75. The van der Waals surface area contributed by atoms with Crippen LogP contribution in [-0.4, -0.2) is 51.4 Å². The third-order valence-electron chi connectivity index (χ3n) is 3.50. The van der Waals surface area contributed by atoms with Crippen molar-refractivity contribution in [2.45, 2.75) is 0 Å². The second kappa shape index (κ2) is 8.84. The summed E-state index contributed by atoms with van der Waals surface area (Å²) in [6, 6.07) is 16.4. The SMILES string of the molecule is C[NH+](C)c1ccc(C(=N)c2ccc([NH+](C)C)cc2)cc1.O=S(=O)([O-])[O-]. The zero-order valence-corrected chi connectivity index (χ0v) is 15.5. The maximum Gasteiger partial charge on any atom is 0.130 e. The predicted octanol–water partition coefficient (Wildman–Crippen LogP) is -0.683. The topological polar surface area (TPSA) is 113 Å². The van der Waals surface area contributed by atoms with Crippen molar-refractivity contribution in [3.05, 3.63) is 59.7 Å². The molecule has 2 rings (SSSR count). The standard InChI is InChI=1S/C17H21N3.H2O4S/c1-19(2)15-9-5-13(6-10-15)17(18)14-7-11-16(12-8-14)20(3)4;1-5(2,3)4/h5-12,18H,1-4H3;(H2,1,2,3,4). The lowest BCUT2D eigenvalue weighted by Crippen LogP contribution is -3.00. The maximum atomic E-state index is 8.52. The van der Waals surface area contributed by atoms with Crippen molar-refractivity contribution >= 4 is 27.5 Å². The summed E-state index contributed by atoms with van der Waals surface area (Å²) in [5.74, 6) is 0. The van der Waals surface area contributed by atoms with Gasteiger partial charge in [0.05, 0.1) is 33.9 Å². The fourth-order valence-corrected chi connectivity index (χ4v) is 2.11. The van der Waals surface area contributed by atoms with Gasteiger partial charge in [0.15, 0.2) is 0 Å². The van der Waals surface area contributed by atoms with Crippen LogP contribution in [0.3, 0.4) is 0 Å². The van der Waals surface area contributed by atoms with Gasteiger partial charge >= 0.3 is 0 Å². The van der Waals surface area contributed by atoms with Crippen molar-refractivity contribution in [2.75, 3.05) is 28.2 Å². The van der Waals surface area contributed by atoms with E-state index in [1.165, 1.54) is 21.2 Å². The molecule has 136 valence electrons. The van der Waals surface area contributed by atoms with E-state index in [1.54, 1.807) is 0 Å². The first-order valence-corrected chi connectivity index (χ1v) is 8.89. The molecule has 0 aliphatic rings. The zero-order valence-electron chi connectivity index (χ0n) is 14.7. The van der Waals surface area contributed by atoms with Gasteiger partial charge in [-0.25, -0.2) is 0 Å². The van der Waals surface area contributed by atoms with Crippen molar-refractivity contribution in [3.63, 3.8) is 0 Å². The molecular weight excluding hydrogens is 342 g/mol. The molecule has 0 atom stereocenters. The van der Waals surface area contributed by atoms with Crippen molar-refractivity contribution in [2.24, 2.45) is 0 Å². The molecule has 0 aliphatic heterocycles. The normalized spacial score (nSPS) is 11.2. The summed E-state index contributed by atoms with van der Waals surface area (Å²) >= 11 is 0. The van der Waals surface area contributed by atoms with Crippen LogP contribution in [0.4, 0.5) is 11.4 Å². The Morgan fingerprint density at radius 1 is 0.760 bits per heavy atom. The van der Waals surface area contributed by atoms with Gasteiger partial charge in [-0.1, -0.05) is 0 Å². The summed E-state index contributed by atoms with van der Waals surface area (Å²) in [7, 11) is 3.23. The fraction of sp³-hybridized carbons (Fsp3) is 0.235. The van der Waals surface area contributed by atoms with E-state index < -0.39 is 10.4 Å². The zero-order chi connectivity index (χ0) is 19.2. The van der Waals surface area contributed by atoms with E-state index in [9.17, 15) is 0 Å². The number of hydrogen-bond donors (Lipinski definition) is 3. The molecule has 8 heteroatoms. The van der Waals surface area contributed by atoms with Crippen LogP contribution in [0.1, 0.15) is 11.1 Å². The summed E-state index contributed by atoms with van der Waals surface area (Å²) in [4.78, 5) is 2.59. The first-order valence-electron chi connectivity index (χ1n) is 7.56. The molecule has 0 saturated carbocycles. The Hall–Kier alpha value is -2.10. The summed E-state index contributed by atoms with van der Waals surface area (Å²) in [6.45, 7) is 0. The Balaban J connectivity index is 0.000000550. The van der Waals surface area contributed by atoms with Crippen molar-refractivity contribution in [3.8, 4) is 0 Å². The smallest absolute Gasteiger partial charge is 0.130 e. The van der Waals surface area contributed by atoms with Crippen LogP contribution in [0.15, 0.2) is 48.5 Å². The van der Waals surface area contributed by atoms with E-state index in [-0.39, 0.29) is 0 Å². The Morgan fingerprint density at radius 3 is 1.20 bits per heavy atom. The molecule has 3 N–H and O–H groups in total. The van der Waals surface area contributed by atoms with E-state index in [0.29, 0.717) is 5.71 Å².